The Balaban J connectivity index is 1.52. The molecule has 6 amide bonds. The Labute approximate surface area is 244 Å². The number of nitrogens with one attached hydrogen (secondary N) is 3. The van der Waals surface area contributed by atoms with Crippen molar-refractivity contribution in [2.24, 2.45) is 11.1 Å². The van der Waals surface area contributed by atoms with Gasteiger partial charge in [-0.2, -0.15) is 0 Å². The molecule has 0 spiro atoms. The SMILES string of the molecule is NC(=O)CCCC[C@H](NC(=O)C1(C(=O)NCCCCCN2C(=O)C=CC2=O)CCC1)C(=O)Nc1ccc(CCl)cc1. The fourth-order valence-corrected chi connectivity index (χ4v) is 4.98. The number of nitrogens with zero attached hydrogens (tertiary/aromatic N) is 1. The standard InChI is InChI=1S/C29H38ClN5O6/c30-19-20-9-11-21(12-10-20)33-26(39)22(7-2-3-8-23(31)36)34-28(41)29(15-6-16-29)27(40)32-17-4-1-5-18-35-24(37)13-14-25(35)38/h9-14,22H,1-8,15-19H2,(H2,31,36)(H,32,40)(H,33,39)(H,34,41)/t22-/m0/s1. The van der Waals surface area contributed by atoms with Gasteiger partial charge < -0.3 is 21.7 Å². The minimum atomic E-state index is -1.24. The third kappa shape index (κ3) is 8.88. The molecule has 2 aliphatic rings. The maximum Gasteiger partial charge on any atom is 0.253 e. The molecule has 41 heavy (non-hydrogen) atoms. The zero-order valence-corrected chi connectivity index (χ0v) is 23.8. The molecule has 0 bridgehead atoms. The number of anilines is 1. The number of carbonyl (C=O) groups excluding carboxylic acids is 6. The Morgan fingerprint density at radius 3 is 2.20 bits per heavy atom. The molecule has 1 aromatic carbocycles. The van der Waals surface area contributed by atoms with E-state index < -0.39 is 29.2 Å². The quantitative estimate of drug-likeness (QED) is 0.0943. The molecular weight excluding hydrogens is 550 g/mol. The fraction of sp³-hybridized carbons (Fsp3) is 0.517. The van der Waals surface area contributed by atoms with Crippen LogP contribution in [-0.2, 0) is 34.6 Å². The maximum absolute atomic E-state index is 13.4. The first-order chi connectivity index (χ1) is 19.7. The highest BCUT2D eigenvalue weighted by molar-refractivity contribution is 6.17. The van der Waals surface area contributed by atoms with Gasteiger partial charge in [-0.1, -0.05) is 25.0 Å². The summed E-state index contributed by atoms with van der Waals surface area (Å²) < 4.78 is 0. The van der Waals surface area contributed by atoms with Gasteiger partial charge in [0.15, 0.2) is 0 Å². The minimum absolute atomic E-state index is 0.177. The molecular formula is C29H38ClN5O6. The van der Waals surface area contributed by atoms with E-state index >= 15 is 0 Å². The van der Waals surface area contributed by atoms with Crippen molar-refractivity contribution in [3.8, 4) is 0 Å². The predicted octanol–water partition coefficient (Wildman–Crippen LogP) is 2.28. The van der Waals surface area contributed by atoms with E-state index in [0.717, 1.165) is 12.0 Å². The molecule has 3 rings (SSSR count). The van der Waals surface area contributed by atoms with E-state index in [1.54, 1.807) is 24.3 Å². The van der Waals surface area contributed by atoms with Gasteiger partial charge in [0.1, 0.15) is 11.5 Å². The van der Waals surface area contributed by atoms with Crippen molar-refractivity contribution in [1.29, 1.82) is 0 Å². The first-order valence-electron chi connectivity index (χ1n) is 14.0. The number of rotatable bonds is 17. The van der Waals surface area contributed by atoms with Gasteiger partial charge in [-0.3, -0.25) is 33.7 Å². The fourth-order valence-electron chi connectivity index (χ4n) is 4.80. The number of amides is 6. The van der Waals surface area contributed by atoms with Gasteiger partial charge in [-0.15, -0.1) is 11.6 Å². The Bertz CT molecular complexity index is 1150. The summed E-state index contributed by atoms with van der Waals surface area (Å²) in [6, 6.07) is 6.12. The molecule has 1 aliphatic heterocycles. The van der Waals surface area contributed by atoms with Gasteiger partial charge in [0, 0.05) is 43.2 Å². The Hall–Kier alpha value is -3.73. The summed E-state index contributed by atoms with van der Waals surface area (Å²) in [6.45, 7) is 0.675. The van der Waals surface area contributed by atoms with Crippen molar-refractivity contribution in [2.75, 3.05) is 18.4 Å². The number of imide groups is 1. The highest BCUT2D eigenvalue weighted by Gasteiger charge is 2.51. The lowest BCUT2D eigenvalue weighted by Gasteiger charge is -2.39. The number of alkyl halides is 1. The zero-order valence-electron chi connectivity index (χ0n) is 23.1. The molecule has 5 N–H and O–H groups in total. The molecule has 0 unspecified atom stereocenters. The molecule has 1 aliphatic carbocycles. The van der Waals surface area contributed by atoms with E-state index in [2.05, 4.69) is 16.0 Å². The molecule has 12 heteroatoms. The van der Waals surface area contributed by atoms with E-state index in [4.69, 9.17) is 17.3 Å². The van der Waals surface area contributed by atoms with Gasteiger partial charge in [-0.05, 0) is 62.6 Å². The minimum Gasteiger partial charge on any atom is -0.370 e. The Morgan fingerprint density at radius 1 is 0.927 bits per heavy atom. The van der Waals surface area contributed by atoms with Crippen LogP contribution >= 0.6 is 11.6 Å². The van der Waals surface area contributed by atoms with Gasteiger partial charge >= 0.3 is 0 Å². The molecule has 11 nitrogen and oxygen atoms in total. The summed E-state index contributed by atoms with van der Waals surface area (Å²) in [4.78, 5) is 75.2. The molecule has 0 saturated heterocycles. The first kappa shape index (κ1) is 31.8. The number of carbonyl (C=O) groups is 6. The molecule has 222 valence electrons. The summed E-state index contributed by atoms with van der Waals surface area (Å²) in [5.74, 6) is -2.01. The van der Waals surface area contributed by atoms with E-state index in [9.17, 15) is 28.8 Å². The van der Waals surface area contributed by atoms with Crippen LogP contribution in [0.2, 0.25) is 0 Å². The summed E-state index contributed by atoms with van der Waals surface area (Å²) in [5.41, 5.74) is 5.43. The number of unbranched alkanes of at least 4 members (excludes halogenated alkanes) is 3. The van der Waals surface area contributed by atoms with Crippen LogP contribution in [0.1, 0.15) is 69.8 Å². The van der Waals surface area contributed by atoms with Gasteiger partial charge in [0.2, 0.25) is 23.6 Å². The average molecular weight is 588 g/mol. The van der Waals surface area contributed by atoms with Crippen molar-refractivity contribution >= 4 is 52.7 Å². The average Bonchev–Trinajstić information content (AvgIpc) is 3.24. The highest BCUT2D eigenvalue weighted by Crippen LogP contribution is 2.41. The second-order valence-electron chi connectivity index (χ2n) is 10.5. The van der Waals surface area contributed by atoms with Crippen LogP contribution in [0.25, 0.3) is 0 Å². The van der Waals surface area contributed by atoms with E-state index in [0.29, 0.717) is 69.6 Å². The second kappa shape index (κ2) is 15.3. The highest BCUT2D eigenvalue weighted by atomic mass is 35.5. The van der Waals surface area contributed by atoms with Crippen molar-refractivity contribution in [2.45, 2.75) is 76.1 Å². The molecule has 1 atom stereocenters. The van der Waals surface area contributed by atoms with Crippen molar-refractivity contribution in [3.63, 3.8) is 0 Å². The number of primary amides is 1. The number of hydrogen-bond donors (Lipinski definition) is 4. The molecule has 1 saturated carbocycles. The summed E-state index contributed by atoms with van der Waals surface area (Å²) in [7, 11) is 0. The maximum atomic E-state index is 13.4. The molecule has 1 fully saturated rings. The monoisotopic (exact) mass is 587 g/mol. The number of benzene rings is 1. The number of halogens is 1. The Morgan fingerprint density at radius 2 is 1.61 bits per heavy atom. The summed E-state index contributed by atoms with van der Waals surface area (Å²) in [6.07, 6.45) is 7.32. The van der Waals surface area contributed by atoms with Gasteiger partial charge in [0.05, 0.1) is 0 Å². The second-order valence-corrected chi connectivity index (χ2v) is 10.7. The molecule has 0 radical (unpaired) electrons. The summed E-state index contributed by atoms with van der Waals surface area (Å²) in [5, 5.41) is 8.45. The van der Waals surface area contributed by atoms with Crippen molar-refractivity contribution in [1.82, 2.24) is 15.5 Å². The lowest BCUT2D eigenvalue weighted by atomic mass is 9.67. The lowest BCUT2D eigenvalue weighted by molar-refractivity contribution is -0.151. The largest absolute Gasteiger partial charge is 0.370 e. The topological polar surface area (TPSA) is 168 Å². The normalized spacial score (nSPS) is 16.2. The van der Waals surface area contributed by atoms with Crippen LogP contribution in [0.5, 0.6) is 0 Å². The van der Waals surface area contributed by atoms with E-state index in [-0.39, 0.29) is 30.6 Å². The van der Waals surface area contributed by atoms with Crippen molar-refractivity contribution in [3.05, 3.63) is 42.0 Å². The third-order valence-electron chi connectivity index (χ3n) is 7.48. The lowest BCUT2D eigenvalue weighted by Crippen LogP contribution is -2.58. The number of nitrogens with two attached hydrogens (primary N) is 1. The van der Waals surface area contributed by atoms with Crippen LogP contribution in [0.3, 0.4) is 0 Å². The van der Waals surface area contributed by atoms with Gasteiger partial charge in [0.25, 0.3) is 11.8 Å². The molecule has 0 aromatic heterocycles. The van der Waals surface area contributed by atoms with Gasteiger partial charge in [-0.25, -0.2) is 0 Å². The van der Waals surface area contributed by atoms with Crippen LogP contribution in [0.4, 0.5) is 5.69 Å². The van der Waals surface area contributed by atoms with Crippen LogP contribution in [0, 0.1) is 5.41 Å². The molecule has 1 aromatic rings. The smallest absolute Gasteiger partial charge is 0.253 e. The number of hydrogen-bond acceptors (Lipinski definition) is 6. The van der Waals surface area contributed by atoms with Crippen molar-refractivity contribution < 1.29 is 28.8 Å². The first-order valence-corrected chi connectivity index (χ1v) is 14.6. The molecule has 1 heterocycles. The summed E-state index contributed by atoms with van der Waals surface area (Å²) >= 11 is 5.83. The zero-order chi connectivity index (χ0) is 29.8. The van der Waals surface area contributed by atoms with Crippen LogP contribution in [-0.4, -0.2) is 59.5 Å². The van der Waals surface area contributed by atoms with Crippen LogP contribution in [0.15, 0.2) is 36.4 Å². The third-order valence-corrected chi connectivity index (χ3v) is 7.79. The predicted molar refractivity (Wildman–Crippen MR) is 153 cm³/mol. The Kier molecular flexibility index (Phi) is 11.9. The van der Waals surface area contributed by atoms with E-state index in [1.165, 1.54) is 17.1 Å². The van der Waals surface area contributed by atoms with Crippen LogP contribution < -0.4 is 21.7 Å². The van der Waals surface area contributed by atoms with E-state index in [1.807, 2.05) is 0 Å².